The number of nitrogens with zero attached hydrogens (tertiary/aromatic N) is 1. The Balaban J connectivity index is 2.53. The molecule has 1 atom stereocenters. The number of morpholine rings is 1. The minimum Gasteiger partial charge on any atom is -0.394 e. The Morgan fingerprint density at radius 3 is 2.59 bits per heavy atom. The molecule has 1 amide bonds. The summed E-state index contributed by atoms with van der Waals surface area (Å²) in [5.41, 5.74) is 0. The van der Waals surface area contributed by atoms with Crippen LogP contribution in [0.3, 0.4) is 0 Å². The maximum Gasteiger partial charge on any atom is 0.225 e. The van der Waals surface area contributed by atoms with Crippen molar-refractivity contribution in [2.75, 3.05) is 26.3 Å². The van der Waals surface area contributed by atoms with E-state index in [1.807, 2.05) is 4.90 Å². The van der Waals surface area contributed by atoms with Crippen molar-refractivity contribution >= 4 is 5.91 Å². The van der Waals surface area contributed by atoms with Gasteiger partial charge in [-0.25, -0.2) is 0 Å². The first kappa shape index (κ1) is 14.5. The van der Waals surface area contributed by atoms with Crippen LogP contribution in [0.5, 0.6) is 0 Å². The molecule has 4 nitrogen and oxygen atoms in total. The zero-order valence-corrected chi connectivity index (χ0v) is 11.0. The third kappa shape index (κ3) is 4.28. The minimum atomic E-state index is -0.198. The zero-order valence-electron chi connectivity index (χ0n) is 11.0. The summed E-state index contributed by atoms with van der Waals surface area (Å²) in [6.45, 7) is 5.98. The van der Waals surface area contributed by atoms with E-state index in [4.69, 9.17) is 9.84 Å². The van der Waals surface area contributed by atoms with Gasteiger partial charge in [0.15, 0.2) is 0 Å². The van der Waals surface area contributed by atoms with Crippen LogP contribution in [-0.4, -0.2) is 48.3 Å². The van der Waals surface area contributed by atoms with Crippen LogP contribution in [0.15, 0.2) is 0 Å². The highest BCUT2D eigenvalue weighted by Gasteiger charge is 2.28. The smallest absolute Gasteiger partial charge is 0.225 e. The second-order valence-electron chi connectivity index (χ2n) is 4.73. The van der Waals surface area contributed by atoms with E-state index in [0.717, 1.165) is 25.7 Å². The quantitative estimate of drug-likeness (QED) is 0.767. The largest absolute Gasteiger partial charge is 0.394 e. The topological polar surface area (TPSA) is 49.8 Å². The highest BCUT2D eigenvalue weighted by Crippen LogP contribution is 2.18. The van der Waals surface area contributed by atoms with Gasteiger partial charge < -0.3 is 14.7 Å². The van der Waals surface area contributed by atoms with Crippen molar-refractivity contribution < 1.29 is 14.6 Å². The molecule has 1 N–H and O–H groups in total. The molecular formula is C13H25NO3. The summed E-state index contributed by atoms with van der Waals surface area (Å²) in [5, 5.41) is 9.07. The van der Waals surface area contributed by atoms with Crippen LogP contribution in [0.1, 0.15) is 39.5 Å². The monoisotopic (exact) mass is 243 g/mol. The Kier molecular flexibility index (Phi) is 6.52. The fourth-order valence-corrected chi connectivity index (χ4v) is 2.38. The normalized spacial score (nSPS) is 20.9. The van der Waals surface area contributed by atoms with E-state index >= 15 is 0 Å². The van der Waals surface area contributed by atoms with Crippen LogP contribution in [-0.2, 0) is 9.53 Å². The first-order chi connectivity index (χ1) is 8.22. The molecule has 1 rings (SSSR count). The van der Waals surface area contributed by atoms with Gasteiger partial charge in [0.25, 0.3) is 0 Å². The van der Waals surface area contributed by atoms with E-state index < -0.39 is 0 Å². The first-order valence-corrected chi connectivity index (χ1v) is 6.74. The molecule has 0 saturated carbocycles. The molecule has 1 aliphatic heterocycles. The van der Waals surface area contributed by atoms with Crippen LogP contribution in [0.25, 0.3) is 0 Å². The Labute approximate surface area is 104 Å². The molecule has 4 heteroatoms. The van der Waals surface area contributed by atoms with Crippen molar-refractivity contribution in [2.45, 2.75) is 45.6 Å². The minimum absolute atomic E-state index is 0.00397. The van der Waals surface area contributed by atoms with Crippen LogP contribution in [0, 0.1) is 5.92 Å². The van der Waals surface area contributed by atoms with Crippen LogP contribution in [0.4, 0.5) is 0 Å². The van der Waals surface area contributed by atoms with Gasteiger partial charge in [0.2, 0.25) is 5.91 Å². The third-order valence-electron chi connectivity index (χ3n) is 3.28. The SMILES string of the molecule is CCCC(CCC)C(=O)N1CCOC(CO)C1. The lowest BCUT2D eigenvalue weighted by molar-refractivity contribution is -0.145. The van der Waals surface area contributed by atoms with E-state index in [1.165, 1.54) is 0 Å². The Morgan fingerprint density at radius 1 is 1.41 bits per heavy atom. The Morgan fingerprint density at radius 2 is 2.06 bits per heavy atom. The molecule has 17 heavy (non-hydrogen) atoms. The van der Waals surface area contributed by atoms with Crippen molar-refractivity contribution in [3.8, 4) is 0 Å². The molecule has 0 aromatic carbocycles. The third-order valence-corrected chi connectivity index (χ3v) is 3.28. The Bertz CT molecular complexity index is 227. The molecule has 1 heterocycles. The highest BCUT2D eigenvalue weighted by atomic mass is 16.5. The molecule has 0 spiro atoms. The maximum atomic E-state index is 12.3. The molecule has 0 bridgehead atoms. The molecule has 0 radical (unpaired) electrons. The summed E-state index contributed by atoms with van der Waals surface area (Å²) in [5.74, 6) is 0.401. The number of rotatable bonds is 6. The zero-order chi connectivity index (χ0) is 12.7. The lowest BCUT2D eigenvalue weighted by Gasteiger charge is -2.34. The molecule has 100 valence electrons. The lowest BCUT2D eigenvalue weighted by atomic mass is 9.96. The van der Waals surface area contributed by atoms with Gasteiger partial charge in [0.1, 0.15) is 0 Å². The molecule has 1 unspecified atom stereocenters. The van der Waals surface area contributed by atoms with Gasteiger partial charge >= 0.3 is 0 Å². The molecular weight excluding hydrogens is 218 g/mol. The second-order valence-corrected chi connectivity index (χ2v) is 4.73. The summed E-state index contributed by atoms with van der Waals surface area (Å²) >= 11 is 0. The molecule has 0 aliphatic carbocycles. The van der Waals surface area contributed by atoms with Crippen LogP contribution >= 0.6 is 0 Å². The standard InChI is InChI=1S/C13H25NO3/c1-3-5-11(6-4-2)13(16)14-7-8-17-12(9-14)10-15/h11-12,15H,3-10H2,1-2H3. The number of aliphatic hydroxyl groups excluding tert-OH is 1. The summed E-state index contributed by atoms with van der Waals surface area (Å²) in [7, 11) is 0. The highest BCUT2D eigenvalue weighted by molar-refractivity contribution is 5.78. The second kappa shape index (κ2) is 7.67. The fourth-order valence-electron chi connectivity index (χ4n) is 2.38. The summed E-state index contributed by atoms with van der Waals surface area (Å²) in [6, 6.07) is 0. The number of carbonyl (C=O) groups is 1. The summed E-state index contributed by atoms with van der Waals surface area (Å²) in [4.78, 5) is 14.2. The molecule has 1 fully saturated rings. The van der Waals surface area contributed by atoms with Crippen LogP contribution in [0.2, 0.25) is 0 Å². The van der Waals surface area contributed by atoms with Crippen molar-refractivity contribution in [1.29, 1.82) is 0 Å². The molecule has 0 aromatic rings. The summed E-state index contributed by atoms with van der Waals surface area (Å²) < 4.78 is 5.36. The molecule has 1 aliphatic rings. The predicted octanol–water partition coefficient (Wildman–Crippen LogP) is 1.42. The number of carbonyl (C=O) groups excluding carboxylic acids is 1. The number of amides is 1. The predicted molar refractivity (Wildman–Crippen MR) is 66.7 cm³/mol. The van der Waals surface area contributed by atoms with Crippen molar-refractivity contribution in [2.24, 2.45) is 5.92 Å². The van der Waals surface area contributed by atoms with Crippen molar-refractivity contribution in [3.63, 3.8) is 0 Å². The summed E-state index contributed by atoms with van der Waals surface area (Å²) in [6.07, 6.45) is 3.83. The number of aliphatic hydroxyl groups is 1. The van der Waals surface area contributed by atoms with Gasteiger partial charge in [-0.05, 0) is 12.8 Å². The average Bonchev–Trinajstić information content (AvgIpc) is 2.38. The van der Waals surface area contributed by atoms with E-state index in [1.54, 1.807) is 0 Å². The number of hydrogen-bond donors (Lipinski definition) is 1. The number of hydrogen-bond acceptors (Lipinski definition) is 3. The van der Waals surface area contributed by atoms with Crippen molar-refractivity contribution in [3.05, 3.63) is 0 Å². The molecule has 0 aromatic heterocycles. The van der Waals surface area contributed by atoms with E-state index in [2.05, 4.69) is 13.8 Å². The van der Waals surface area contributed by atoms with Gasteiger partial charge in [-0.2, -0.15) is 0 Å². The lowest BCUT2D eigenvalue weighted by Crippen LogP contribution is -2.48. The van der Waals surface area contributed by atoms with Crippen LogP contribution < -0.4 is 0 Å². The van der Waals surface area contributed by atoms with Gasteiger partial charge in [-0.1, -0.05) is 26.7 Å². The van der Waals surface area contributed by atoms with Gasteiger partial charge in [0, 0.05) is 19.0 Å². The van der Waals surface area contributed by atoms with E-state index in [9.17, 15) is 4.79 Å². The average molecular weight is 243 g/mol. The molecule has 1 saturated heterocycles. The van der Waals surface area contributed by atoms with Gasteiger partial charge in [-0.15, -0.1) is 0 Å². The maximum absolute atomic E-state index is 12.3. The van der Waals surface area contributed by atoms with Gasteiger partial charge in [-0.3, -0.25) is 4.79 Å². The van der Waals surface area contributed by atoms with E-state index in [0.29, 0.717) is 19.7 Å². The number of ether oxygens (including phenoxy) is 1. The van der Waals surface area contributed by atoms with E-state index in [-0.39, 0.29) is 24.5 Å². The fraction of sp³-hybridized carbons (Fsp3) is 0.923. The first-order valence-electron chi connectivity index (χ1n) is 6.74. The Hall–Kier alpha value is -0.610. The van der Waals surface area contributed by atoms with Crippen molar-refractivity contribution in [1.82, 2.24) is 4.90 Å². The van der Waals surface area contributed by atoms with Gasteiger partial charge in [0.05, 0.1) is 19.3 Å².